The van der Waals surface area contributed by atoms with Gasteiger partial charge in [-0.2, -0.15) is 0 Å². The number of hydrogen-bond donors (Lipinski definition) is 4. The molecule has 0 spiro atoms. The van der Waals surface area contributed by atoms with Crippen LogP contribution in [0.2, 0.25) is 5.02 Å². The molecule has 0 fully saturated rings. The standard InChI is InChI=1S/C8H10ClNO3/c9-5-2-7(12)6(11)1-4(5)8(13)3-10/h1-2,8,11-13H,3,10H2/t8-/m0/s1. The number of phenolic OH excluding ortho intramolecular Hbond substituents is 2. The zero-order chi connectivity index (χ0) is 10.0. The van der Waals surface area contributed by atoms with Crippen molar-refractivity contribution in [3.63, 3.8) is 0 Å². The third-order valence-electron chi connectivity index (χ3n) is 1.68. The van der Waals surface area contributed by atoms with Gasteiger partial charge in [0.2, 0.25) is 0 Å². The molecule has 0 unspecified atom stereocenters. The van der Waals surface area contributed by atoms with E-state index in [2.05, 4.69) is 0 Å². The summed E-state index contributed by atoms with van der Waals surface area (Å²) in [6, 6.07) is 2.35. The smallest absolute Gasteiger partial charge is 0.158 e. The van der Waals surface area contributed by atoms with Crippen molar-refractivity contribution in [1.82, 2.24) is 0 Å². The molecule has 0 saturated carbocycles. The maximum atomic E-state index is 9.32. The van der Waals surface area contributed by atoms with E-state index in [0.29, 0.717) is 5.56 Å². The van der Waals surface area contributed by atoms with Crippen LogP contribution >= 0.6 is 11.6 Å². The lowest BCUT2D eigenvalue weighted by Crippen LogP contribution is -2.11. The third kappa shape index (κ3) is 2.03. The van der Waals surface area contributed by atoms with Crippen LogP contribution in [0.25, 0.3) is 0 Å². The number of aliphatic hydroxyl groups is 1. The molecule has 13 heavy (non-hydrogen) atoms. The Hall–Kier alpha value is -0.970. The fourth-order valence-electron chi connectivity index (χ4n) is 0.950. The summed E-state index contributed by atoms with van der Waals surface area (Å²) in [5.41, 5.74) is 5.51. The van der Waals surface area contributed by atoms with Gasteiger partial charge in [-0.15, -0.1) is 0 Å². The average molecular weight is 204 g/mol. The fraction of sp³-hybridized carbons (Fsp3) is 0.250. The Morgan fingerprint density at radius 2 is 1.85 bits per heavy atom. The van der Waals surface area contributed by atoms with Gasteiger partial charge in [-0.3, -0.25) is 0 Å². The van der Waals surface area contributed by atoms with Gasteiger partial charge in [-0.25, -0.2) is 0 Å². The lowest BCUT2D eigenvalue weighted by atomic mass is 10.1. The Labute approximate surface area is 80.2 Å². The summed E-state index contributed by atoms with van der Waals surface area (Å²) in [4.78, 5) is 0. The van der Waals surface area contributed by atoms with E-state index >= 15 is 0 Å². The van der Waals surface area contributed by atoms with Gasteiger partial charge >= 0.3 is 0 Å². The van der Waals surface area contributed by atoms with Gasteiger partial charge in [0.05, 0.1) is 11.1 Å². The van der Waals surface area contributed by atoms with Crippen molar-refractivity contribution in [2.24, 2.45) is 5.73 Å². The normalized spacial score (nSPS) is 12.8. The van der Waals surface area contributed by atoms with Crippen molar-refractivity contribution < 1.29 is 15.3 Å². The first-order valence-corrected chi connectivity index (χ1v) is 4.03. The molecule has 0 heterocycles. The highest BCUT2D eigenvalue weighted by molar-refractivity contribution is 6.31. The monoisotopic (exact) mass is 203 g/mol. The van der Waals surface area contributed by atoms with Gasteiger partial charge in [0.25, 0.3) is 0 Å². The van der Waals surface area contributed by atoms with E-state index in [4.69, 9.17) is 27.5 Å². The first-order chi connectivity index (χ1) is 6.06. The number of rotatable bonds is 2. The fourth-order valence-corrected chi connectivity index (χ4v) is 1.23. The molecule has 1 rings (SSSR count). The molecule has 4 nitrogen and oxygen atoms in total. The zero-order valence-electron chi connectivity index (χ0n) is 6.74. The second-order valence-electron chi connectivity index (χ2n) is 2.61. The van der Waals surface area contributed by atoms with Crippen molar-refractivity contribution in [1.29, 1.82) is 0 Å². The first-order valence-electron chi connectivity index (χ1n) is 3.65. The Morgan fingerprint density at radius 3 is 2.38 bits per heavy atom. The molecule has 0 bridgehead atoms. The van der Waals surface area contributed by atoms with Crippen LogP contribution in [0.15, 0.2) is 12.1 Å². The molecule has 5 heteroatoms. The Balaban J connectivity index is 3.15. The van der Waals surface area contributed by atoms with E-state index in [1.165, 1.54) is 6.07 Å². The summed E-state index contributed by atoms with van der Waals surface area (Å²) in [6.07, 6.45) is -0.931. The third-order valence-corrected chi connectivity index (χ3v) is 2.00. The molecule has 0 aliphatic heterocycles. The lowest BCUT2D eigenvalue weighted by Gasteiger charge is -2.11. The number of aliphatic hydroxyl groups excluding tert-OH is 1. The molecule has 0 aromatic heterocycles. The quantitative estimate of drug-likeness (QED) is 0.534. The van der Waals surface area contributed by atoms with Crippen LogP contribution in [0.1, 0.15) is 11.7 Å². The molecular formula is C8H10ClNO3. The number of halogens is 1. The highest BCUT2D eigenvalue weighted by Crippen LogP contribution is 2.33. The van der Waals surface area contributed by atoms with Gasteiger partial charge in [0.15, 0.2) is 11.5 Å². The summed E-state index contributed by atoms with van der Waals surface area (Å²) < 4.78 is 0. The average Bonchev–Trinajstić information content (AvgIpc) is 2.10. The molecule has 5 N–H and O–H groups in total. The SMILES string of the molecule is NC[C@H](O)c1cc(O)c(O)cc1Cl. The van der Waals surface area contributed by atoms with Crippen molar-refractivity contribution in [3.8, 4) is 11.5 Å². The van der Waals surface area contributed by atoms with Crippen molar-refractivity contribution in [2.45, 2.75) is 6.10 Å². The first kappa shape index (κ1) is 10.1. The van der Waals surface area contributed by atoms with Gasteiger partial charge in [0.1, 0.15) is 0 Å². The molecule has 0 amide bonds. The molecule has 0 aliphatic carbocycles. The van der Waals surface area contributed by atoms with Crippen LogP contribution in [0.3, 0.4) is 0 Å². The minimum atomic E-state index is -0.931. The molecule has 0 aliphatic rings. The lowest BCUT2D eigenvalue weighted by molar-refractivity contribution is 0.186. The van der Waals surface area contributed by atoms with Crippen LogP contribution in [-0.4, -0.2) is 21.9 Å². The number of hydrogen-bond acceptors (Lipinski definition) is 4. The minimum absolute atomic E-state index is 0.00390. The van der Waals surface area contributed by atoms with E-state index in [0.717, 1.165) is 6.07 Å². The van der Waals surface area contributed by atoms with E-state index in [9.17, 15) is 5.11 Å². The maximum Gasteiger partial charge on any atom is 0.158 e. The summed E-state index contributed by atoms with van der Waals surface area (Å²) in [5, 5.41) is 27.6. The van der Waals surface area contributed by atoms with E-state index in [-0.39, 0.29) is 23.1 Å². The van der Waals surface area contributed by atoms with E-state index in [1.807, 2.05) is 0 Å². The van der Waals surface area contributed by atoms with Gasteiger partial charge in [-0.1, -0.05) is 11.6 Å². The predicted molar refractivity (Wildman–Crippen MR) is 48.8 cm³/mol. The molecular weight excluding hydrogens is 194 g/mol. The molecule has 0 radical (unpaired) electrons. The van der Waals surface area contributed by atoms with Crippen LogP contribution in [-0.2, 0) is 0 Å². The second-order valence-corrected chi connectivity index (χ2v) is 3.02. The molecule has 1 aromatic rings. The van der Waals surface area contributed by atoms with Crippen LogP contribution in [0.4, 0.5) is 0 Å². The summed E-state index contributed by atoms with van der Waals surface area (Å²) in [7, 11) is 0. The van der Waals surface area contributed by atoms with E-state index < -0.39 is 6.10 Å². The maximum absolute atomic E-state index is 9.32. The molecule has 72 valence electrons. The van der Waals surface area contributed by atoms with E-state index in [1.54, 1.807) is 0 Å². The molecule has 1 atom stereocenters. The predicted octanol–water partition coefficient (Wildman–Crippen LogP) is 0.743. The van der Waals surface area contributed by atoms with Crippen molar-refractivity contribution in [2.75, 3.05) is 6.54 Å². The highest BCUT2D eigenvalue weighted by Gasteiger charge is 2.13. The second kappa shape index (κ2) is 3.83. The summed E-state index contributed by atoms with van der Waals surface area (Å²) >= 11 is 5.69. The number of aromatic hydroxyl groups is 2. The number of phenols is 2. The molecule has 0 saturated heterocycles. The van der Waals surface area contributed by atoms with Crippen LogP contribution in [0.5, 0.6) is 11.5 Å². The minimum Gasteiger partial charge on any atom is -0.504 e. The number of nitrogens with two attached hydrogens (primary N) is 1. The Morgan fingerprint density at radius 1 is 1.31 bits per heavy atom. The summed E-state index contributed by atoms with van der Waals surface area (Å²) in [6.45, 7) is 0.00390. The topological polar surface area (TPSA) is 86.7 Å². The van der Waals surface area contributed by atoms with Crippen LogP contribution in [0, 0.1) is 0 Å². The van der Waals surface area contributed by atoms with Gasteiger partial charge in [0, 0.05) is 18.2 Å². The Kier molecular flexibility index (Phi) is 2.98. The summed E-state index contributed by atoms with van der Waals surface area (Å²) in [5.74, 6) is -0.648. The van der Waals surface area contributed by atoms with Crippen molar-refractivity contribution in [3.05, 3.63) is 22.7 Å². The Bertz CT molecular complexity index is 317. The largest absolute Gasteiger partial charge is 0.504 e. The van der Waals surface area contributed by atoms with Gasteiger partial charge in [-0.05, 0) is 6.07 Å². The number of benzene rings is 1. The molecule has 1 aromatic carbocycles. The van der Waals surface area contributed by atoms with Crippen LogP contribution < -0.4 is 5.73 Å². The zero-order valence-corrected chi connectivity index (χ0v) is 7.49. The van der Waals surface area contributed by atoms with Crippen molar-refractivity contribution >= 4 is 11.6 Å². The highest BCUT2D eigenvalue weighted by atomic mass is 35.5. The van der Waals surface area contributed by atoms with Gasteiger partial charge < -0.3 is 21.1 Å².